The highest BCUT2D eigenvalue weighted by Crippen LogP contribution is 2.22. The van der Waals surface area contributed by atoms with Crippen LogP contribution < -0.4 is 10.1 Å². The number of rotatable bonds is 6. The van der Waals surface area contributed by atoms with Crippen LogP contribution in [0, 0.1) is 0 Å². The van der Waals surface area contributed by atoms with Gasteiger partial charge in [-0.25, -0.2) is 0 Å². The zero-order valence-corrected chi connectivity index (χ0v) is 15.5. The van der Waals surface area contributed by atoms with Crippen molar-refractivity contribution in [3.05, 3.63) is 59.7 Å². The van der Waals surface area contributed by atoms with Crippen molar-refractivity contribution in [1.29, 1.82) is 0 Å². The van der Waals surface area contributed by atoms with Crippen molar-refractivity contribution in [3.63, 3.8) is 0 Å². The van der Waals surface area contributed by atoms with E-state index in [0.29, 0.717) is 11.3 Å². The van der Waals surface area contributed by atoms with Crippen LogP contribution in [0.5, 0.6) is 5.75 Å². The number of aryl methyl sites for hydroxylation is 1. The van der Waals surface area contributed by atoms with Crippen LogP contribution in [0.4, 0.5) is 18.9 Å². The Hall–Kier alpha value is -2.28. The molecule has 0 bridgehead atoms. The van der Waals surface area contributed by atoms with Crippen molar-refractivity contribution >= 4 is 23.0 Å². The summed E-state index contributed by atoms with van der Waals surface area (Å²) in [5.41, 5.74) is 2.43. The van der Waals surface area contributed by atoms with Gasteiger partial charge in [0.1, 0.15) is 12.3 Å². The van der Waals surface area contributed by atoms with Crippen LogP contribution in [0.2, 0.25) is 0 Å². The molecule has 0 saturated heterocycles. The minimum atomic E-state index is -4.36. The number of alkyl halides is 3. The minimum Gasteiger partial charge on any atom is -0.497 e. The first-order valence-electron chi connectivity index (χ1n) is 8.16. The van der Waals surface area contributed by atoms with Crippen molar-refractivity contribution in [2.24, 2.45) is 0 Å². The van der Waals surface area contributed by atoms with Crippen molar-refractivity contribution in [2.75, 3.05) is 19.0 Å². The topological polar surface area (TPSA) is 24.5 Å². The molecule has 0 heterocycles. The number of methoxy groups -OCH3 is 1. The first-order valence-corrected chi connectivity index (χ1v) is 8.56. The maximum absolute atomic E-state index is 13.0. The van der Waals surface area contributed by atoms with E-state index in [-0.39, 0.29) is 11.7 Å². The van der Waals surface area contributed by atoms with Gasteiger partial charge in [0.15, 0.2) is 5.11 Å². The van der Waals surface area contributed by atoms with E-state index in [2.05, 4.69) is 5.32 Å². The summed E-state index contributed by atoms with van der Waals surface area (Å²) in [6.45, 7) is 0.900. The fraction of sp³-hybridized carbons (Fsp3) is 0.316. The molecule has 1 N–H and O–H groups in total. The van der Waals surface area contributed by atoms with E-state index in [1.165, 1.54) is 7.11 Å². The highest BCUT2D eigenvalue weighted by molar-refractivity contribution is 7.80. The molecular weight excluding hydrogens is 361 g/mol. The number of hydrogen-bond acceptors (Lipinski definition) is 2. The maximum atomic E-state index is 13.0. The summed E-state index contributed by atoms with van der Waals surface area (Å²) in [6, 6.07) is 14.3. The molecule has 0 radical (unpaired) electrons. The summed E-state index contributed by atoms with van der Waals surface area (Å²) in [5.74, 6) is 0.647. The first-order chi connectivity index (χ1) is 12.3. The first kappa shape index (κ1) is 20.0. The molecule has 0 aliphatic carbocycles. The molecule has 0 aromatic heterocycles. The Kier molecular flexibility index (Phi) is 6.85. The van der Waals surface area contributed by atoms with Gasteiger partial charge in [-0.15, -0.1) is 0 Å². The fourth-order valence-electron chi connectivity index (χ4n) is 2.51. The lowest BCUT2D eigenvalue weighted by Gasteiger charge is -2.27. The maximum Gasteiger partial charge on any atom is 0.406 e. The Bertz CT molecular complexity index is 732. The Morgan fingerprint density at radius 2 is 1.77 bits per heavy atom. The molecule has 0 aliphatic rings. The summed E-state index contributed by atoms with van der Waals surface area (Å²) in [4.78, 5) is 1.11. The number of hydrogen-bond donors (Lipinski definition) is 1. The van der Waals surface area contributed by atoms with Gasteiger partial charge in [0.05, 0.1) is 7.11 Å². The van der Waals surface area contributed by atoms with Gasteiger partial charge in [0.25, 0.3) is 0 Å². The van der Waals surface area contributed by atoms with Crippen LogP contribution in [-0.4, -0.2) is 29.8 Å². The molecule has 0 unspecified atom stereocenters. The molecule has 2 aromatic rings. The fourth-order valence-corrected chi connectivity index (χ4v) is 2.75. The van der Waals surface area contributed by atoms with E-state index >= 15 is 0 Å². The number of para-hydroxylation sites is 1. The quantitative estimate of drug-likeness (QED) is 0.709. The molecule has 0 aliphatic heterocycles. The number of nitrogens with one attached hydrogen (secondary N) is 1. The normalized spacial score (nSPS) is 11.1. The SMILES string of the molecule is CCc1ccccc1NC(=S)N(Cc1ccc(OC)cc1)CC(F)(F)F. The van der Waals surface area contributed by atoms with Gasteiger partial charge in [-0.2, -0.15) is 13.2 Å². The van der Waals surface area contributed by atoms with Crippen LogP contribution in [0.15, 0.2) is 48.5 Å². The van der Waals surface area contributed by atoms with E-state index in [0.717, 1.165) is 22.6 Å². The lowest BCUT2D eigenvalue weighted by Crippen LogP contribution is -2.41. The zero-order chi connectivity index (χ0) is 19.2. The van der Waals surface area contributed by atoms with E-state index in [1.807, 2.05) is 31.2 Å². The number of anilines is 1. The largest absolute Gasteiger partial charge is 0.497 e. The number of ether oxygens (including phenoxy) is 1. The smallest absolute Gasteiger partial charge is 0.406 e. The van der Waals surface area contributed by atoms with E-state index in [4.69, 9.17) is 17.0 Å². The van der Waals surface area contributed by atoms with Crippen molar-refractivity contribution in [3.8, 4) is 5.75 Å². The Labute approximate surface area is 156 Å². The summed E-state index contributed by atoms with van der Waals surface area (Å²) >= 11 is 5.27. The second-order valence-corrected chi connectivity index (χ2v) is 6.15. The Morgan fingerprint density at radius 3 is 2.35 bits per heavy atom. The number of halogens is 3. The molecule has 0 saturated carbocycles. The van der Waals surface area contributed by atoms with Gasteiger partial charge < -0.3 is 15.0 Å². The van der Waals surface area contributed by atoms with Gasteiger partial charge in [-0.05, 0) is 48.0 Å². The highest BCUT2D eigenvalue weighted by atomic mass is 32.1. The van der Waals surface area contributed by atoms with E-state index in [9.17, 15) is 13.2 Å². The summed E-state index contributed by atoms with van der Waals surface area (Å²) in [5, 5.41) is 3.00. The average Bonchev–Trinajstić information content (AvgIpc) is 2.61. The lowest BCUT2D eigenvalue weighted by molar-refractivity contribution is -0.138. The second-order valence-electron chi connectivity index (χ2n) is 5.76. The van der Waals surface area contributed by atoms with Crippen LogP contribution in [0.1, 0.15) is 18.1 Å². The molecule has 0 atom stereocenters. The zero-order valence-electron chi connectivity index (χ0n) is 14.6. The molecule has 2 aromatic carbocycles. The predicted octanol–water partition coefficient (Wildman–Crippen LogP) is 5.02. The van der Waals surface area contributed by atoms with Crippen LogP contribution in [0.3, 0.4) is 0 Å². The van der Waals surface area contributed by atoms with Gasteiger partial charge in [-0.1, -0.05) is 37.3 Å². The van der Waals surface area contributed by atoms with E-state index < -0.39 is 12.7 Å². The molecule has 0 spiro atoms. The summed E-state index contributed by atoms with van der Waals surface area (Å²) < 4.78 is 44.1. The van der Waals surface area contributed by atoms with Crippen LogP contribution in [-0.2, 0) is 13.0 Å². The minimum absolute atomic E-state index is 0.0408. The van der Waals surface area contributed by atoms with Crippen molar-refractivity contribution < 1.29 is 17.9 Å². The Balaban J connectivity index is 2.18. The lowest BCUT2D eigenvalue weighted by atomic mass is 10.1. The predicted molar refractivity (Wildman–Crippen MR) is 101 cm³/mol. The van der Waals surface area contributed by atoms with Gasteiger partial charge in [0, 0.05) is 12.2 Å². The molecule has 0 amide bonds. The monoisotopic (exact) mass is 382 g/mol. The molecule has 0 fully saturated rings. The van der Waals surface area contributed by atoms with Crippen molar-refractivity contribution in [2.45, 2.75) is 26.1 Å². The number of benzene rings is 2. The molecular formula is C19H21F3N2OS. The molecule has 26 heavy (non-hydrogen) atoms. The summed E-state index contributed by atoms with van der Waals surface area (Å²) in [6.07, 6.45) is -3.61. The third kappa shape index (κ3) is 5.91. The van der Waals surface area contributed by atoms with Crippen LogP contribution in [0.25, 0.3) is 0 Å². The molecule has 140 valence electrons. The van der Waals surface area contributed by atoms with Gasteiger partial charge >= 0.3 is 6.18 Å². The molecule has 7 heteroatoms. The third-order valence-electron chi connectivity index (χ3n) is 3.83. The molecule has 2 rings (SSSR count). The summed E-state index contributed by atoms with van der Waals surface area (Å²) in [7, 11) is 1.54. The van der Waals surface area contributed by atoms with Gasteiger partial charge in [0.2, 0.25) is 0 Å². The van der Waals surface area contributed by atoms with Crippen LogP contribution >= 0.6 is 12.2 Å². The molecule has 3 nitrogen and oxygen atoms in total. The number of thiocarbonyl (C=S) groups is 1. The highest BCUT2D eigenvalue weighted by Gasteiger charge is 2.32. The Morgan fingerprint density at radius 1 is 1.12 bits per heavy atom. The average molecular weight is 382 g/mol. The van der Waals surface area contributed by atoms with Gasteiger partial charge in [-0.3, -0.25) is 0 Å². The number of nitrogens with zero attached hydrogens (tertiary/aromatic N) is 1. The standard InChI is InChI=1S/C19H21F3N2OS/c1-3-15-6-4-5-7-17(15)23-18(26)24(13-19(20,21)22)12-14-8-10-16(25-2)11-9-14/h4-11H,3,12-13H2,1-2H3,(H,23,26). The second kappa shape index (κ2) is 8.89. The third-order valence-corrected chi connectivity index (χ3v) is 4.19. The van der Waals surface area contributed by atoms with E-state index in [1.54, 1.807) is 24.3 Å². The van der Waals surface area contributed by atoms with Crippen molar-refractivity contribution in [1.82, 2.24) is 4.90 Å².